The van der Waals surface area contributed by atoms with Crippen molar-refractivity contribution in [1.29, 1.82) is 0 Å². The summed E-state index contributed by atoms with van der Waals surface area (Å²) in [5, 5.41) is 0. The van der Waals surface area contributed by atoms with Gasteiger partial charge in [-0.2, -0.15) is 0 Å². The number of hydrogen-bond donors (Lipinski definition) is 0. The molecule has 2 saturated heterocycles. The van der Waals surface area contributed by atoms with Gasteiger partial charge < -0.3 is 4.90 Å². The Kier molecular flexibility index (Phi) is 2.58. The van der Waals surface area contributed by atoms with Crippen molar-refractivity contribution in [3.8, 4) is 0 Å². The molecule has 1 aromatic rings. The molecule has 0 aliphatic carbocycles. The predicted molar refractivity (Wildman–Crippen MR) is 66.7 cm³/mol. The molecule has 1 aromatic carbocycles. The lowest BCUT2D eigenvalue weighted by molar-refractivity contribution is -0.129. The summed E-state index contributed by atoms with van der Waals surface area (Å²) in [5.41, 5.74) is 0.994. The fraction of sp³-hybridized carbons (Fsp3) is 0.429. The van der Waals surface area contributed by atoms with Crippen LogP contribution in [-0.2, 0) is 11.3 Å². The first-order valence-corrected chi connectivity index (χ1v) is 6.34. The highest BCUT2D eigenvalue weighted by Gasteiger charge is 2.50. The van der Waals surface area contributed by atoms with E-state index in [1.165, 1.54) is 4.90 Å². The topological polar surface area (TPSA) is 40.6 Å². The molecule has 0 bridgehead atoms. The van der Waals surface area contributed by atoms with Crippen molar-refractivity contribution in [2.45, 2.75) is 25.9 Å². The largest absolute Gasteiger partial charge is 0.327 e. The molecule has 2 unspecified atom stereocenters. The summed E-state index contributed by atoms with van der Waals surface area (Å²) in [6, 6.07) is 9.30. The van der Waals surface area contributed by atoms with Gasteiger partial charge in [-0.1, -0.05) is 37.3 Å². The zero-order valence-electron chi connectivity index (χ0n) is 10.4. The molecule has 0 spiro atoms. The third kappa shape index (κ3) is 1.60. The van der Waals surface area contributed by atoms with Crippen molar-refractivity contribution in [3.63, 3.8) is 0 Å². The van der Waals surface area contributed by atoms with Crippen LogP contribution in [0.4, 0.5) is 4.79 Å². The molecule has 3 amide bonds. The van der Waals surface area contributed by atoms with Crippen molar-refractivity contribution < 1.29 is 9.59 Å². The van der Waals surface area contributed by atoms with Crippen LogP contribution in [0.25, 0.3) is 0 Å². The maximum Gasteiger partial charge on any atom is 0.327 e. The van der Waals surface area contributed by atoms with Crippen molar-refractivity contribution in [3.05, 3.63) is 35.9 Å². The molecule has 4 heteroatoms. The molecule has 0 aromatic heterocycles. The second-order valence-electron chi connectivity index (χ2n) is 5.10. The summed E-state index contributed by atoms with van der Waals surface area (Å²) in [4.78, 5) is 27.6. The molecule has 0 saturated carbocycles. The van der Waals surface area contributed by atoms with Crippen LogP contribution in [0.1, 0.15) is 18.9 Å². The molecule has 3 rings (SSSR count). The van der Waals surface area contributed by atoms with Crippen LogP contribution in [0.3, 0.4) is 0 Å². The van der Waals surface area contributed by atoms with E-state index in [-0.39, 0.29) is 23.9 Å². The molecule has 4 nitrogen and oxygen atoms in total. The van der Waals surface area contributed by atoms with Crippen molar-refractivity contribution in [1.82, 2.24) is 9.80 Å². The lowest BCUT2D eigenvalue weighted by Crippen LogP contribution is -2.33. The summed E-state index contributed by atoms with van der Waals surface area (Å²) in [6.45, 7) is 3.14. The number of carbonyl (C=O) groups is 2. The first-order valence-electron chi connectivity index (χ1n) is 6.34. The van der Waals surface area contributed by atoms with Crippen LogP contribution in [0.15, 0.2) is 30.3 Å². The Morgan fingerprint density at radius 3 is 2.61 bits per heavy atom. The van der Waals surface area contributed by atoms with Crippen molar-refractivity contribution in [2.75, 3.05) is 6.54 Å². The van der Waals surface area contributed by atoms with Gasteiger partial charge in [-0.15, -0.1) is 0 Å². The summed E-state index contributed by atoms with van der Waals surface area (Å²) >= 11 is 0. The van der Waals surface area contributed by atoms with E-state index in [2.05, 4.69) is 0 Å². The summed E-state index contributed by atoms with van der Waals surface area (Å²) < 4.78 is 0. The average molecular weight is 244 g/mol. The Labute approximate surface area is 106 Å². The van der Waals surface area contributed by atoms with Gasteiger partial charge in [-0.25, -0.2) is 4.79 Å². The van der Waals surface area contributed by atoms with Crippen molar-refractivity contribution in [2.24, 2.45) is 5.92 Å². The molecule has 0 N–H and O–H groups in total. The monoisotopic (exact) mass is 244 g/mol. The van der Waals surface area contributed by atoms with E-state index < -0.39 is 0 Å². The molecule has 2 aliphatic rings. The average Bonchev–Trinajstić information content (AvgIpc) is 2.87. The normalized spacial score (nSPS) is 26.9. The van der Waals surface area contributed by atoms with Gasteiger partial charge in [0.25, 0.3) is 5.91 Å². The zero-order chi connectivity index (χ0) is 12.7. The summed E-state index contributed by atoms with van der Waals surface area (Å²) in [7, 11) is 0. The number of rotatable bonds is 2. The lowest BCUT2D eigenvalue weighted by atomic mass is 10.0. The number of hydrogen-bond acceptors (Lipinski definition) is 2. The highest BCUT2D eigenvalue weighted by atomic mass is 16.2. The quantitative estimate of drug-likeness (QED) is 0.745. The van der Waals surface area contributed by atoms with Gasteiger partial charge in [-0.3, -0.25) is 9.69 Å². The van der Waals surface area contributed by atoms with E-state index in [4.69, 9.17) is 0 Å². The molecule has 18 heavy (non-hydrogen) atoms. The maximum absolute atomic E-state index is 12.3. The van der Waals surface area contributed by atoms with E-state index in [1.807, 2.05) is 37.3 Å². The minimum Gasteiger partial charge on any atom is -0.312 e. The number of amides is 3. The smallest absolute Gasteiger partial charge is 0.312 e. The minimum absolute atomic E-state index is 0.0335. The fourth-order valence-corrected chi connectivity index (χ4v) is 2.86. The SMILES string of the molecule is CC1CCN2C(=O)N(Cc3ccccc3)C(=O)C12. The van der Waals surface area contributed by atoms with Crippen LogP contribution < -0.4 is 0 Å². The molecule has 2 heterocycles. The second-order valence-corrected chi connectivity index (χ2v) is 5.10. The molecule has 2 atom stereocenters. The van der Waals surface area contributed by atoms with Gasteiger partial charge in [0, 0.05) is 6.54 Å². The van der Waals surface area contributed by atoms with E-state index in [1.54, 1.807) is 4.90 Å². The minimum atomic E-state index is -0.221. The first kappa shape index (κ1) is 11.3. The number of benzene rings is 1. The molecule has 2 aliphatic heterocycles. The van der Waals surface area contributed by atoms with Gasteiger partial charge in [0.15, 0.2) is 0 Å². The Balaban J connectivity index is 1.82. The third-order valence-electron chi connectivity index (χ3n) is 3.88. The zero-order valence-corrected chi connectivity index (χ0v) is 10.4. The molecular weight excluding hydrogens is 228 g/mol. The fourth-order valence-electron chi connectivity index (χ4n) is 2.86. The summed E-state index contributed by atoms with van der Waals surface area (Å²) in [5.74, 6) is 0.246. The van der Waals surface area contributed by atoms with Crippen LogP contribution in [0.5, 0.6) is 0 Å². The Morgan fingerprint density at radius 2 is 1.94 bits per heavy atom. The molecular formula is C14H16N2O2. The van der Waals surface area contributed by atoms with E-state index in [0.717, 1.165) is 12.0 Å². The van der Waals surface area contributed by atoms with Gasteiger partial charge in [0.05, 0.1) is 6.54 Å². The van der Waals surface area contributed by atoms with E-state index >= 15 is 0 Å². The Bertz CT molecular complexity index is 486. The lowest BCUT2D eigenvalue weighted by Gasteiger charge is -2.15. The van der Waals surface area contributed by atoms with Crippen LogP contribution in [-0.4, -0.2) is 34.3 Å². The second kappa shape index (κ2) is 4.12. The number of urea groups is 1. The van der Waals surface area contributed by atoms with Crippen LogP contribution in [0, 0.1) is 5.92 Å². The van der Waals surface area contributed by atoms with Gasteiger partial charge in [0.1, 0.15) is 6.04 Å². The highest BCUT2D eigenvalue weighted by Crippen LogP contribution is 2.32. The molecule has 94 valence electrons. The van der Waals surface area contributed by atoms with Gasteiger partial charge >= 0.3 is 6.03 Å². The van der Waals surface area contributed by atoms with Crippen LogP contribution in [0.2, 0.25) is 0 Å². The van der Waals surface area contributed by atoms with Gasteiger partial charge in [0.2, 0.25) is 0 Å². The Hall–Kier alpha value is -1.84. The number of fused-ring (bicyclic) bond motifs is 1. The van der Waals surface area contributed by atoms with Gasteiger partial charge in [-0.05, 0) is 17.9 Å². The third-order valence-corrected chi connectivity index (χ3v) is 3.88. The molecule has 0 radical (unpaired) electrons. The van der Waals surface area contributed by atoms with Crippen LogP contribution >= 0.6 is 0 Å². The number of imide groups is 1. The standard InChI is InChI=1S/C14H16N2O2/c1-10-7-8-15-12(10)13(17)16(14(15)18)9-11-5-3-2-4-6-11/h2-6,10,12H,7-9H2,1H3. The highest BCUT2D eigenvalue weighted by molar-refractivity contribution is 6.04. The number of nitrogens with zero attached hydrogens (tertiary/aromatic N) is 2. The predicted octanol–water partition coefficient (Wildman–Crippen LogP) is 1.86. The van der Waals surface area contributed by atoms with E-state index in [0.29, 0.717) is 13.1 Å². The maximum atomic E-state index is 12.3. The van der Waals surface area contributed by atoms with E-state index in [9.17, 15) is 9.59 Å². The summed E-state index contributed by atoms with van der Waals surface area (Å²) in [6.07, 6.45) is 0.932. The molecule has 2 fully saturated rings. The van der Waals surface area contributed by atoms with Crippen molar-refractivity contribution >= 4 is 11.9 Å². The number of carbonyl (C=O) groups excluding carboxylic acids is 2. The Morgan fingerprint density at radius 1 is 1.22 bits per heavy atom. The first-order chi connectivity index (χ1) is 8.68.